The second kappa shape index (κ2) is 7.51. The highest BCUT2D eigenvalue weighted by molar-refractivity contribution is 5.96. The maximum absolute atomic E-state index is 13.0. The molecule has 0 amide bonds. The van der Waals surface area contributed by atoms with Crippen LogP contribution in [0, 0.1) is 28.6 Å². The quantitative estimate of drug-likeness (QED) is 0.498. The van der Waals surface area contributed by atoms with E-state index < -0.39 is 29.6 Å². The van der Waals surface area contributed by atoms with Crippen LogP contribution in [0.4, 0.5) is 0 Å². The molecule has 3 fully saturated rings. The molecule has 0 radical (unpaired) electrons. The lowest BCUT2D eigenvalue weighted by atomic mass is 9.38. The molecule has 0 aliphatic heterocycles. The molecule has 0 saturated heterocycles. The van der Waals surface area contributed by atoms with Crippen LogP contribution in [0.2, 0.25) is 0 Å². The molecule has 0 aromatic heterocycles. The Balaban J connectivity index is 2.07. The van der Waals surface area contributed by atoms with Gasteiger partial charge >= 0.3 is 11.9 Å². The van der Waals surface area contributed by atoms with Gasteiger partial charge in [0.15, 0.2) is 5.78 Å². The highest BCUT2D eigenvalue weighted by Crippen LogP contribution is 2.71. The standard InChI is InChI=1S/C25H34O5/c1-9-13(3)22(27)29-17-12-25(8)18-15(5)11-16(26)19(25)20(18)24(6,7)21(17)30-23(28)14(4)10-2/h9-11,17-21H,12H2,1-8H3/b13-9-,14-10-/t17-,18-,19+,20-,21+,25+/m0/s1. The Morgan fingerprint density at radius 1 is 1.00 bits per heavy atom. The average Bonchev–Trinajstić information content (AvgIpc) is 2.78. The normalized spacial score (nSPS) is 37.5. The number of ether oxygens (including phenoxy) is 2. The van der Waals surface area contributed by atoms with E-state index in [4.69, 9.17) is 9.47 Å². The maximum Gasteiger partial charge on any atom is 0.333 e. The molecule has 4 bridgehead atoms. The van der Waals surface area contributed by atoms with Crippen molar-refractivity contribution < 1.29 is 23.9 Å². The summed E-state index contributed by atoms with van der Waals surface area (Å²) in [4.78, 5) is 38.3. The number of carbonyl (C=O) groups excluding carboxylic acids is 3. The van der Waals surface area contributed by atoms with Gasteiger partial charge in [0.25, 0.3) is 0 Å². The Hall–Kier alpha value is -2.17. The van der Waals surface area contributed by atoms with Crippen LogP contribution in [0.3, 0.4) is 0 Å². The van der Waals surface area contributed by atoms with Crippen molar-refractivity contribution in [1.29, 1.82) is 0 Å². The van der Waals surface area contributed by atoms with E-state index >= 15 is 0 Å². The van der Waals surface area contributed by atoms with Crippen molar-refractivity contribution in [2.75, 3.05) is 0 Å². The molecule has 6 atom stereocenters. The van der Waals surface area contributed by atoms with Gasteiger partial charge in [-0.15, -0.1) is 0 Å². The minimum atomic E-state index is -0.633. The van der Waals surface area contributed by atoms with E-state index in [1.807, 2.05) is 20.8 Å². The van der Waals surface area contributed by atoms with Gasteiger partial charge in [0.05, 0.1) is 0 Å². The largest absolute Gasteiger partial charge is 0.455 e. The van der Waals surface area contributed by atoms with E-state index in [0.717, 1.165) is 5.57 Å². The Bertz CT molecular complexity index is 874. The van der Waals surface area contributed by atoms with Gasteiger partial charge in [0, 0.05) is 22.5 Å². The van der Waals surface area contributed by atoms with Crippen molar-refractivity contribution in [2.45, 2.75) is 74.0 Å². The summed E-state index contributed by atoms with van der Waals surface area (Å²) in [6.45, 7) is 15.2. The molecule has 0 unspecified atom stereocenters. The Morgan fingerprint density at radius 3 is 2.03 bits per heavy atom. The molecular formula is C25H34O5. The summed E-state index contributed by atoms with van der Waals surface area (Å²) in [5, 5.41) is 0. The van der Waals surface area contributed by atoms with Crippen LogP contribution in [0.5, 0.6) is 0 Å². The summed E-state index contributed by atoms with van der Waals surface area (Å²) >= 11 is 0. The van der Waals surface area contributed by atoms with Crippen LogP contribution in [0.25, 0.3) is 0 Å². The van der Waals surface area contributed by atoms with Crippen LogP contribution in [-0.2, 0) is 23.9 Å². The molecule has 30 heavy (non-hydrogen) atoms. The molecule has 0 heterocycles. The average molecular weight is 415 g/mol. The van der Waals surface area contributed by atoms with Gasteiger partial charge in [-0.1, -0.05) is 38.5 Å². The van der Waals surface area contributed by atoms with Crippen LogP contribution in [0.15, 0.2) is 34.9 Å². The summed E-state index contributed by atoms with van der Waals surface area (Å²) in [6, 6.07) is 0. The number of allylic oxidation sites excluding steroid dienone is 4. The number of esters is 2. The molecule has 5 heteroatoms. The summed E-state index contributed by atoms with van der Waals surface area (Å²) in [5.41, 5.74) is 1.26. The third kappa shape index (κ3) is 3.17. The van der Waals surface area contributed by atoms with Crippen LogP contribution >= 0.6 is 0 Å². The predicted octanol–water partition coefficient (Wildman–Crippen LogP) is 4.57. The first kappa shape index (κ1) is 22.5. The van der Waals surface area contributed by atoms with Crippen molar-refractivity contribution in [3.8, 4) is 0 Å². The Morgan fingerprint density at radius 2 is 1.53 bits per heavy atom. The topological polar surface area (TPSA) is 69.7 Å². The van der Waals surface area contributed by atoms with Crippen LogP contribution < -0.4 is 0 Å². The third-order valence-electron chi connectivity index (χ3n) is 7.88. The van der Waals surface area contributed by atoms with Gasteiger partial charge in [-0.05, 0) is 64.4 Å². The summed E-state index contributed by atoms with van der Waals surface area (Å²) in [6.07, 6.45) is 4.44. The molecule has 3 saturated carbocycles. The van der Waals surface area contributed by atoms with Crippen molar-refractivity contribution in [2.24, 2.45) is 28.6 Å². The minimum Gasteiger partial charge on any atom is -0.455 e. The number of fused-ring (bicyclic) bond motifs is 3. The fourth-order valence-corrected chi connectivity index (χ4v) is 6.12. The van der Waals surface area contributed by atoms with E-state index in [-0.39, 0.29) is 29.0 Å². The highest BCUT2D eigenvalue weighted by Gasteiger charge is 2.72. The number of rotatable bonds is 4. The van der Waals surface area contributed by atoms with Gasteiger partial charge in [-0.3, -0.25) is 4.79 Å². The third-order valence-corrected chi connectivity index (χ3v) is 7.88. The van der Waals surface area contributed by atoms with Gasteiger partial charge < -0.3 is 9.47 Å². The number of hydrogen-bond acceptors (Lipinski definition) is 5. The van der Waals surface area contributed by atoms with Crippen molar-refractivity contribution in [3.05, 3.63) is 34.9 Å². The zero-order valence-electron chi connectivity index (χ0n) is 19.4. The monoisotopic (exact) mass is 414 g/mol. The molecule has 0 N–H and O–H groups in total. The molecule has 0 aromatic carbocycles. The number of carbonyl (C=O) groups is 3. The van der Waals surface area contributed by atoms with Gasteiger partial charge in [0.2, 0.25) is 0 Å². The molecule has 4 rings (SSSR count). The first-order valence-corrected chi connectivity index (χ1v) is 10.8. The maximum atomic E-state index is 13.0. The molecule has 4 aliphatic rings. The summed E-state index contributed by atoms with van der Waals surface area (Å²) in [7, 11) is 0. The smallest absolute Gasteiger partial charge is 0.333 e. The first-order valence-electron chi connectivity index (χ1n) is 10.8. The van der Waals surface area contributed by atoms with Crippen molar-refractivity contribution in [1.82, 2.24) is 0 Å². The fourth-order valence-electron chi connectivity index (χ4n) is 6.12. The van der Waals surface area contributed by atoms with Crippen LogP contribution in [-0.4, -0.2) is 29.9 Å². The van der Waals surface area contributed by atoms with Gasteiger partial charge in [0.1, 0.15) is 12.2 Å². The lowest BCUT2D eigenvalue weighted by Crippen LogP contribution is -2.64. The molecule has 4 aliphatic carbocycles. The van der Waals surface area contributed by atoms with E-state index in [1.54, 1.807) is 45.9 Å². The van der Waals surface area contributed by atoms with Gasteiger partial charge in [-0.2, -0.15) is 0 Å². The summed E-state index contributed by atoms with van der Waals surface area (Å²) < 4.78 is 12.0. The second-order valence-corrected chi connectivity index (χ2v) is 10.0. The first-order chi connectivity index (χ1) is 13.9. The Labute approximate surface area is 179 Å². The zero-order chi connectivity index (χ0) is 22.6. The zero-order valence-corrected chi connectivity index (χ0v) is 19.4. The molecular weight excluding hydrogens is 380 g/mol. The van der Waals surface area contributed by atoms with E-state index in [9.17, 15) is 14.4 Å². The summed E-state index contributed by atoms with van der Waals surface area (Å²) in [5.74, 6) is -0.555. The Kier molecular flexibility index (Phi) is 5.63. The lowest BCUT2D eigenvalue weighted by molar-refractivity contribution is -0.182. The van der Waals surface area contributed by atoms with Gasteiger partial charge in [-0.25, -0.2) is 9.59 Å². The minimum absolute atomic E-state index is 0.0511. The molecule has 164 valence electrons. The lowest BCUT2D eigenvalue weighted by Gasteiger charge is -2.64. The van der Waals surface area contributed by atoms with E-state index in [1.165, 1.54) is 0 Å². The van der Waals surface area contributed by atoms with Crippen molar-refractivity contribution >= 4 is 17.7 Å². The van der Waals surface area contributed by atoms with Crippen LogP contribution in [0.1, 0.15) is 61.8 Å². The predicted molar refractivity (Wildman–Crippen MR) is 114 cm³/mol. The second-order valence-electron chi connectivity index (χ2n) is 10.0. The molecule has 5 nitrogen and oxygen atoms in total. The van der Waals surface area contributed by atoms with Crippen molar-refractivity contribution in [3.63, 3.8) is 0 Å². The highest BCUT2D eigenvalue weighted by atomic mass is 16.6. The molecule has 0 spiro atoms. The van der Waals surface area contributed by atoms with E-state index in [0.29, 0.717) is 17.6 Å². The molecule has 0 aromatic rings. The fraction of sp³-hybridized carbons (Fsp3) is 0.640. The number of hydrogen-bond donors (Lipinski definition) is 0. The number of ketones is 1. The van der Waals surface area contributed by atoms with E-state index in [2.05, 4.69) is 6.92 Å². The SMILES string of the molecule is C/C=C(/C)C(=O)O[C@H]1C[C@@]2(C)[C@@H]3C(=O)C=C(C)[C@H]2[C@@H]3C(C)(C)[C@@H]1OC(=O)/C(C)=C\C.